The molecule has 17 heavy (non-hydrogen) atoms. The fourth-order valence-electron chi connectivity index (χ4n) is 1.34. The van der Waals surface area contributed by atoms with Crippen LogP contribution < -0.4 is 5.73 Å². The van der Waals surface area contributed by atoms with Crippen LogP contribution in [0, 0.1) is 0 Å². The van der Waals surface area contributed by atoms with Crippen molar-refractivity contribution in [1.82, 2.24) is 0 Å². The van der Waals surface area contributed by atoms with Crippen LogP contribution in [-0.4, -0.2) is 23.2 Å². The number of esters is 1. The standard InChI is InChI=1S/C12H14BrNO3/c1-3-17-12(16)8-4-5-9(10(14)6-8)11(15)7(2)13/h4-7H,3,14H2,1-2H3. The van der Waals surface area contributed by atoms with E-state index in [1.807, 2.05) is 0 Å². The summed E-state index contributed by atoms with van der Waals surface area (Å²) in [4.78, 5) is 22.9. The number of carbonyl (C=O) groups excluding carboxylic acids is 2. The topological polar surface area (TPSA) is 69.4 Å². The van der Waals surface area contributed by atoms with Crippen molar-refractivity contribution in [2.24, 2.45) is 0 Å². The second-order valence-corrected chi connectivity index (χ2v) is 4.88. The molecule has 2 N–H and O–H groups in total. The van der Waals surface area contributed by atoms with Crippen molar-refractivity contribution in [2.45, 2.75) is 18.7 Å². The number of carbonyl (C=O) groups is 2. The number of anilines is 1. The molecule has 0 amide bonds. The molecule has 0 spiro atoms. The van der Waals surface area contributed by atoms with Gasteiger partial charge in [-0.1, -0.05) is 15.9 Å². The Labute approximate surface area is 108 Å². The third kappa shape index (κ3) is 3.30. The number of hydrogen-bond acceptors (Lipinski definition) is 4. The Morgan fingerprint density at radius 2 is 2.12 bits per heavy atom. The molecule has 1 unspecified atom stereocenters. The van der Waals surface area contributed by atoms with Gasteiger partial charge in [0.25, 0.3) is 0 Å². The lowest BCUT2D eigenvalue weighted by molar-refractivity contribution is 0.0526. The molecule has 1 aromatic carbocycles. The summed E-state index contributed by atoms with van der Waals surface area (Å²) in [5.41, 5.74) is 6.78. The predicted octanol–water partition coefficient (Wildman–Crippen LogP) is 2.41. The van der Waals surface area contributed by atoms with Crippen LogP contribution in [0.15, 0.2) is 18.2 Å². The molecule has 0 aliphatic rings. The Bertz CT molecular complexity index is 443. The zero-order valence-electron chi connectivity index (χ0n) is 9.70. The smallest absolute Gasteiger partial charge is 0.338 e. The summed E-state index contributed by atoms with van der Waals surface area (Å²) in [5.74, 6) is -0.553. The molecule has 0 saturated heterocycles. The van der Waals surface area contributed by atoms with Crippen molar-refractivity contribution in [3.8, 4) is 0 Å². The van der Waals surface area contributed by atoms with E-state index in [2.05, 4.69) is 15.9 Å². The highest BCUT2D eigenvalue weighted by Gasteiger charge is 2.16. The first kappa shape index (κ1) is 13.7. The summed E-state index contributed by atoms with van der Waals surface area (Å²) in [6.07, 6.45) is 0. The van der Waals surface area contributed by atoms with E-state index in [0.717, 1.165) is 0 Å². The molecule has 0 heterocycles. The van der Waals surface area contributed by atoms with E-state index in [1.165, 1.54) is 12.1 Å². The van der Waals surface area contributed by atoms with Crippen molar-refractivity contribution in [2.75, 3.05) is 12.3 Å². The zero-order valence-corrected chi connectivity index (χ0v) is 11.3. The summed E-state index contributed by atoms with van der Waals surface area (Å²) < 4.78 is 4.84. The largest absolute Gasteiger partial charge is 0.462 e. The van der Waals surface area contributed by atoms with Crippen LogP contribution in [0.1, 0.15) is 34.6 Å². The van der Waals surface area contributed by atoms with Crippen LogP contribution in [-0.2, 0) is 4.74 Å². The van der Waals surface area contributed by atoms with Crippen LogP contribution in [0.4, 0.5) is 5.69 Å². The van der Waals surface area contributed by atoms with Crippen LogP contribution in [0.25, 0.3) is 0 Å². The van der Waals surface area contributed by atoms with Crippen molar-refractivity contribution in [3.63, 3.8) is 0 Å². The Kier molecular flexibility index (Phi) is 4.69. The first-order valence-corrected chi connectivity index (χ1v) is 6.13. The van der Waals surface area contributed by atoms with Gasteiger partial charge in [-0.25, -0.2) is 4.79 Å². The van der Waals surface area contributed by atoms with Gasteiger partial charge in [0.15, 0.2) is 5.78 Å². The zero-order chi connectivity index (χ0) is 13.0. The first-order valence-electron chi connectivity index (χ1n) is 5.22. The van der Waals surface area contributed by atoms with Gasteiger partial charge in [0.05, 0.1) is 17.0 Å². The van der Waals surface area contributed by atoms with Crippen LogP contribution in [0.2, 0.25) is 0 Å². The lowest BCUT2D eigenvalue weighted by Gasteiger charge is -2.08. The van der Waals surface area contributed by atoms with Crippen LogP contribution in [0.3, 0.4) is 0 Å². The fourth-order valence-corrected chi connectivity index (χ4v) is 1.59. The number of ketones is 1. The molecule has 1 aromatic rings. The van der Waals surface area contributed by atoms with Crippen LogP contribution in [0.5, 0.6) is 0 Å². The molecule has 0 bridgehead atoms. The lowest BCUT2D eigenvalue weighted by atomic mass is 10.0. The highest BCUT2D eigenvalue weighted by Crippen LogP contribution is 2.19. The maximum absolute atomic E-state index is 11.7. The molecule has 1 atom stereocenters. The summed E-state index contributed by atoms with van der Waals surface area (Å²) >= 11 is 3.19. The highest BCUT2D eigenvalue weighted by atomic mass is 79.9. The molecule has 0 fully saturated rings. The Balaban J connectivity index is 3.02. The average molecular weight is 300 g/mol. The van der Waals surface area contributed by atoms with Crippen molar-refractivity contribution in [1.29, 1.82) is 0 Å². The molecule has 92 valence electrons. The SMILES string of the molecule is CCOC(=O)c1ccc(C(=O)C(C)Br)c(N)c1. The third-order valence-electron chi connectivity index (χ3n) is 2.19. The third-order valence-corrected chi connectivity index (χ3v) is 2.61. The number of hydrogen-bond donors (Lipinski definition) is 1. The lowest BCUT2D eigenvalue weighted by Crippen LogP contribution is -2.13. The van der Waals surface area contributed by atoms with Crippen molar-refractivity contribution < 1.29 is 14.3 Å². The molecular formula is C12H14BrNO3. The number of ether oxygens (including phenoxy) is 1. The minimum Gasteiger partial charge on any atom is -0.462 e. The minimum absolute atomic E-state index is 0.113. The normalized spacial score (nSPS) is 11.9. The van der Waals surface area contributed by atoms with Crippen molar-refractivity contribution >= 4 is 33.4 Å². The summed E-state index contributed by atoms with van der Waals surface area (Å²) in [7, 11) is 0. The van der Waals surface area contributed by atoms with Crippen molar-refractivity contribution in [3.05, 3.63) is 29.3 Å². The first-order chi connectivity index (χ1) is 7.97. The van der Waals surface area contributed by atoms with Gasteiger partial charge in [-0.3, -0.25) is 4.79 Å². The van der Waals surface area contributed by atoms with E-state index in [4.69, 9.17) is 10.5 Å². The van der Waals surface area contributed by atoms with Gasteiger partial charge in [0.1, 0.15) is 0 Å². The minimum atomic E-state index is -0.440. The number of benzene rings is 1. The molecule has 0 aliphatic carbocycles. The molecule has 0 saturated carbocycles. The van der Waals surface area contributed by atoms with E-state index in [1.54, 1.807) is 19.9 Å². The maximum Gasteiger partial charge on any atom is 0.338 e. The second kappa shape index (κ2) is 5.82. The number of nitrogen functional groups attached to an aromatic ring is 1. The second-order valence-electron chi connectivity index (χ2n) is 3.50. The predicted molar refractivity (Wildman–Crippen MR) is 69.5 cm³/mol. The summed E-state index contributed by atoms with van der Waals surface area (Å²) in [6, 6.07) is 4.54. The van der Waals surface area contributed by atoms with Gasteiger partial charge in [0, 0.05) is 11.3 Å². The van der Waals surface area contributed by atoms with E-state index >= 15 is 0 Å². The van der Waals surface area contributed by atoms with Gasteiger partial charge < -0.3 is 10.5 Å². The molecule has 0 aliphatic heterocycles. The average Bonchev–Trinajstić information content (AvgIpc) is 2.28. The molecule has 1 rings (SSSR count). The fraction of sp³-hybridized carbons (Fsp3) is 0.333. The number of rotatable bonds is 4. The van der Waals surface area contributed by atoms with E-state index in [9.17, 15) is 9.59 Å². The quantitative estimate of drug-likeness (QED) is 0.401. The van der Waals surface area contributed by atoms with Gasteiger partial charge in [-0.05, 0) is 32.0 Å². The number of Topliss-reactive ketones (excluding diaryl/α,β-unsaturated/α-hetero) is 1. The molecular weight excluding hydrogens is 286 g/mol. The van der Waals surface area contributed by atoms with Gasteiger partial charge >= 0.3 is 5.97 Å². The van der Waals surface area contributed by atoms with E-state index in [-0.39, 0.29) is 16.3 Å². The van der Waals surface area contributed by atoms with Gasteiger partial charge in [0.2, 0.25) is 0 Å². The number of halogens is 1. The summed E-state index contributed by atoms with van der Waals surface area (Å²) in [5, 5.41) is 0. The van der Waals surface area contributed by atoms with Gasteiger partial charge in [-0.15, -0.1) is 0 Å². The van der Waals surface area contributed by atoms with Gasteiger partial charge in [-0.2, -0.15) is 0 Å². The Hall–Kier alpha value is -1.36. The maximum atomic E-state index is 11.7. The van der Waals surface area contributed by atoms with Crippen LogP contribution >= 0.6 is 15.9 Å². The molecule has 0 aromatic heterocycles. The summed E-state index contributed by atoms with van der Waals surface area (Å²) in [6.45, 7) is 3.75. The monoisotopic (exact) mass is 299 g/mol. The number of nitrogens with two attached hydrogens (primary N) is 1. The number of alkyl halides is 1. The van der Waals surface area contributed by atoms with E-state index < -0.39 is 5.97 Å². The Morgan fingerprint density at radius 3 is 2.59 bits per heavy atom. The molecule has 4 nitrogen and oxygen atoms in total. The molecule has 5 heteroatoms. The molecule has 0 radical (unpaired) electrons. The van der Waals surface area contributed by atoms with E-state index in [0.29, 0.717) is 17.7 Å². The highest BCUT2D eigenvalue weighted by molar-refractivity contribution is 9.10. The Morgan fingerprint density at radius 1 is 1.47 bits per heavy atom.